The van der Waals surface area contributed by atoms with Crippen LogP contribution >= 0.6 is 11.8 Å². The van der Waals surface area contributed by atoms with E-state index in [0.29, 0.717) is 12.2 Å². The third kappa shape index (κ3) is 7.13. The number of carbonyl (C=O) groups excluding carboxylic acids is 2. The average Bonchev–Trinajstić information content (AvgIpc) is 3.04. The summed E-state index contributed by atoms with van der Waals surface area (Å²) in [4.78, 5) is 26.9. The van der Waals surface area contributed by atoms with Crippen molar-refractivity contribution in [2.45, 2.75) is 30.6 Å². The Morgan fingerprint density at radius 3 is 1.63 bits per heavy atom. The maximum absolute atomic E-state index is 16.3. The van der Waals surface area contributed by atoms with Gasteiger partial charge in [-0.1, -0.05) is 121 Å². The molecule has 0 fully saturated rings. The number of carbonyl (C=O) groups is 2. The molecule has 0 radical (unpaired) electrons. The summed E-state index contributed by atoms with van der Waals surface area (Å²) < 4.78 is 21.3. The smallest absolute Gasteiger partial charge is 0.312 e. The van der Waals surface area contributed by atoms with E-state index >= 15 is 4.39 Å². The van der Waals surface area contributed by atoms with E-state index in [2.05, 4.69) is 5.32 Å². The van der Waals surface area contributed by atoms with Gasteiger partial charge in [0.25, 0.3) is 0 Å². The molecule has 0 aromatic heterocycles. The van der Waals surface area contributed by atoms with Crippen LogP contribution in [0.1, 0.15) is 28.7 Å². The molecule has 212 valence electrons. The summed E-state index contributed by atoms with van der Waals surface area (Å²) in [5, 5.41) is 3.65. The molecule has 0 saturated carbocycles. The van der Waals surface area contributed by atoms with Gasteiger partial charge >= 0.3 is 5.97 Å². The van der Waals surface area contributed by atoms with Crippen molar-refractivity contribution in [2.24, 2.45) is 5.92 Å². The highest BCUT2D eigenvalue weighted by Crippen LogP contribution is 2.38. The zero-order valence-corrected chi connectivity index (χ0v) is 24.2. The first-order valence-electron chi connectivity index (χ1n) is 13.7. The van der Waals surface area contributed by atoms with Gasteiger partial charge in [-0.15, -0.1) is 0 Å². The van der Waals surface area contributed by atoms with Crippen LogP contribution in [0.5, 0.6) is 0 Å². The molecule has 4 aromatic carbocycles. The molecule has 0 saturated heterocycles. The molecule has 4 aromatic rings. The molecule has 4 nitrogen and oxygen atoms in total. The van der Waals surface area contributed by atoms with Crippen molar-refractivity contribution in [3.63, 3.8) is 0 Å². The maximum Gasteiger partial charge on any atom is 0.312 e. The predicted octanol–water partition coefficient (Wildman–Crippen LogP) is 6.63. The highest BCUT2D eigenvalue weighted by atomic mass is 32.2. The lowest BCUT2D eigenvalue weighted by Crippen LogP contribution is -2.55. The average molecular weight is 570 g/mol. The van der Waals surface area contributed by atoms with Gasteiger partial charge in [-0.3, -0.25) is 14.9 Å². The Labute approximate surface area is 246 Å². The van der Waals surface area contributed by atoms with Crippen molar-refractivity contribution in [3.8, 4) is 0 Å². The fourth-order valence-electron chi connectivity index (χ4n) is 5.31. The van der Waals surface area contributed by atoms with Crippen LogP contribution in [0.15, 0.2) is 121 Å². The molecule has 0 spiro atoms. The Morgan fingerprint density at radius 2 is 1.22 bits per heavy atom. The first-order chi connectivity index (χ1) is 20.0. The van der Waals surface area contributed by atoms with Crippen molar-refractivity contribution < 1.29 is 18.7 Å². The van der Waals surface area contributed by atoms with Crippen LogP contribution in [0.2, 0.25) is 0 Å². The van der Waals surface area contributed by atoms with Crippen molar-refractivity contribution in [1.29, 1.82) is 0 Å². The number of ketones is 1. The van der Waals surface area contributed by atoms with E-state index in [0.717, 1.165) is 22.3 Å². The van der Waals surface area contributed by atoms with Crippen LogP contribution in [0.3, 0.4) is 0 Å². The number of rotatable bonds is 14. The van der Waals surface area contributed by atoms with Gasteiger partial charge in [-0.2, -0.15) is 11.8 Å². The van der Waals surface area contributed by atoms with Crippen LogP contribution in [0, 0.1) is 5.92 Å². The largest absolute Gasteiger partial charge is 0.469 e. The molecular formula is C35H36FNO3S. The van der Waals surface area contributed by atoms with E-state index in [1.165, 1.54) is 7.11 Å². The molecule has 0 aliphatic rings. The fraction of sp³-hybridized carbons (Fsp3) is 0.257. The van der Waals surface area contributed by atoms with E-state index in [1.54, 1.807) is 11.8 Å². The van der Waals surface area contributed by atoms with Gasteiger partial charge in [0, 0.05) is 0 Å². The molecule has 41 heavy (non-hydrogen) atoms. The Hall–Kier alpha value is -3.74. The Balaban J connectivity index is 1.81. The Morgan fingerprint density at radius 1 is 0.780 bits per heavy atom. The second kappa shape index (κ2) is 14.8. The molecule has 1 N–H and O–H groups in total. The SMILES string of the molecule is COC(=O)[C@H](Cc1ccccc1)[C@H](F)C(=O)[C@H](CCSC)NC(c1ccccc1)(c1ccccc1)c1ccccc1. The monoisotopic (exact) mass is 569 g/mol. The molecular weight excluding hydrogens is 533 g/mol. The van der Waals surface area contributed by atoms with Crippen molar-refractivity contribution in [1.82, 2.24) is 5.32 Å². The number of halogens is 1. The maximum atomic E-state index is 16.3. The van der Waals surface area contributed by atoms with Crippen LogP contribution in [-0.2, 0) is 26.3 Å². The molecule has 0 aliphatic heterocycles. The zero-order chi connectivity index (χ0) is 29.1. The second-order valence-corrected chi connectivity index (χ2v) is 10.9. The van der Waals surface area contributed by atoms with E-state index in [1.807, 2.05) is 128 Å². The van der Waals surface area contributed by atoms with E-state index in [-0.39, 0.29) is 6.42 Å². The molecule has 3 atom stereocenters. The molecule has 0 unspecified atom stereocenters. The summed E-state index contributed by atoms with van der Waals surface area (Å²) >= 11 is 1.59. The first-order valence-corrected chi connectivity index (χ1v) is 15.1. The number of benzene rings is 4. The van der Waals surface area contributed by atoms with E-state index < -0.39 is 35.4 Å². The number of hydrogen-bond donors (Lipinski definition) is 1. The first kappa shape index (κ1) is 30.2. The highest BCUT2D eigenvalue weighted by molar-refractivity contribution is 7.98. The highest BCUT2D eigenvalue weighted by Gasteiger charge is 2.43. The van der Waals surface area contributed by atoms with E-state index in [9.17, 15) is 9.59 Å². The summed E-state index contributed by atoms with van der Waals surface area (Å²) in [6, 6.07) is 38.0. The lowest BCUT2D eigenvalue weighted by molar-refractivity contribution is -0.151. The van der Waals surface area contributed by atoms with Crippen LogP contribution in [-0.4, -0.2) is 43.1 Å². The summed E-state index contributed by atoms with van der Waals surface area (Å²) in [5.74, 6) is -2.02. The molecule has 6 heteroatoms. The molecule has 0 aliphatic carbocycles. The minimum absolute atomic E-state index is 0.0663. The number of methoxy groups -OCH3 is 1. The summed E-state index contributed by atoms with van der Waals surface area (Å²) in [6.07, 6.45) is 0.354. The van der Waals surface area contributed by atoms with Crippen molar-refractivity contribution in [2.75, 3.05) is 19.1 Å². The standard InChI is InChI=1S/C35H36FNO3S/c1-40-34(39)30(25-26-15-7-3-8-16-26)32(36)33(38)31(23-24-41-2)37-35(27-17-9-4-10-18-27,28-19-11-5-12-20-28)29-21-13-6-14-22-29/h3-22,30-32,37H,23-25H2,1-2H3/t30-,31+,32+/m1/s1. The lowest BCUT2D eigenvalue weighted by Gasteiger charge is -2.40. The van der Waals surface area contributed by atoms with Gasteiger partial charge in [-0.25, -0.2) is 4.39 Å². The quantitative estimate of drug-likeness (QED) is 0.137. The van der Waals surface area contributed by atoms with Crippen LogP contribution < -0.4 is 5.32 Å². The van der Waals surface area contributed by atoms with Crippen LogP contribution in [0.4, 0.5) is 4.39 Å². The number of hydrogen-bond acceptors (Lipinski definition) is 5. The number of thioether (sulfide) groups is 1. The van der Waals surface area contributed by atoms with Crippen molar-refractivity contribution in [3.05, 3.63) is 144 Å². The molecule has 0 bridgehead atoms. The number of esters is 1. The third-order valence-electron chi connectivity index (χ3n) is 7.39. The molecule has 0 heterocycles. The minimum Gasteiger partial charge on any atom is -0.469 e. The lowest BCUT2D eigenvalue weighted by atomic mass is 9.76. The van der Waals surface area contributed by atoms with Gasteiger partial charge in [-0.05, 0) is 47.1 Å². The zero-order valence-electron chi connectivity index (χ0n) is 23.4. The van der Waals surface area contributed by atoms with Gasteiger partial charge in [0.2, 0.25) is 0 Å². The van der Waals surface area contributed by atoms with E-state index in [4.69, 9.17) is 4.74 Å². The Bertz CT molecular complexity index is 1270. The fourth-order valence-corrected chi connectivity index (χ4v) is 5.78. The number of ether oxygens (including phenoxy) is 1. The summed E-state index contributed by atoms with van der Waals surface area (Å²) in [5.41, 5.74) is 2.57. The van der Waals surface area contributed by atoms with Gasteiger partial charge < -0.3 is 4.74 Å². The number of alkyl halides is 1. The van der Waals surface area contributed by atoms with Crippen LogP contribution in [0.25, 0.3) is 0 Å². The molecule has 0 amide bonds. The van der Waals surface area contributed by atoms with Gasteiger partial charge in [0.05, 0.1) is 24.6 Å². The normalized spacial score (nSPS) is 13.6. The Kier molecular flexibility index (Phi) is 10.9. The molecule has 4 rings (SSSR count). The summed E-state index contributed by atoms with van der Waals surface area (Å²) in [7, 11) is 1.23. The topological polar surface area (TPSA) is 55.4 Å². The van der Waals surface area contributed by atoms with Gasteiger partial charge in [0.15, 0.2) is 12.0 Å². The second-order valence-electron chi connectivity index (χ2n) is 9.95. The van der Waals surface area contributed by atoms with Crippen molar-refractivity contribution >= 4 is 23.5 Å². The third-order valence-corrected chi connectivity index (χ3v) is 8.04. The number of Topliss-reactive ketones (excluding diaryl/α,β-unsaturated/α-hetero) is 1. The minimum atomic E-state index is -2.05. The summed E-state index contributed by atoms with van der Waals surface area (Å²) in [6.45, 7) is 0. The predicted molar refractivity (Wildman–Crippen MR) is 165 cm³/mol. The number of nitrogens with one attached hydrogen (secondary N) is 1. The van der Waals surface area contributed by atoms with Gasteiger partial charge in [0.1, 0.15) is 0 Å².